The summed E-state index contributed by atoms with van der Waals surface area (Å²) < 4.78 is 6.36. The van der Waals surface area contributed by atoms with E-state index in [1.165, 1.54) is 55.1 Å². The lowest BCUT2D eigenvalue weighted by Gasteiger charge is -2.70. The average Bonchev–Trinajstić information content (AvgIpc) is 3.50. The number of H-pyrrole nitrogens is 1. The Balaban J connectivity index is 1.08. The molecule has 0 radical (unpaired) electrons. The highest BCUT2D eigenvalue weighted by Gasteiger charge is 2.63. The minimum atomic E-state index is 0.394. The first-order valence-electron chi connectivity index (χ1n) is 13.3. The summed E-state index contributed by atoms with van der Waals surface area (Å²) >= 11 is 0. The zero-order valence-corrected chi connectivity index (χ0v) is 19.7. The maximum Gasteiger partial charge on any atom is 0.124 e. The second-order valence-corrected chi connectivity index (χ2v) is 12.0. The van der Waals surface area contributed by atoms with Gasteiger partial charge in [0, 0.05) is 53.2 Å². The van der Waals surface area contributed by atoms with Crippen molar-refractivity contribution in [2.45, 2.75) is 81.6 Å². The molecular weight excluding hydrogens is 406 g/mol. The lowest BCUT2D eigenvalue weighted by atomic mass is 9.48. The molecule has 2 bridgehead atoms. The second kappa shape index (κ2) is 6.76. The highest BCUT2D eigenvalue weighted by molar-refractivity contribution is 5.85. The van der Waals surface area contributed by atoms with Gasteiger partial charge < -0.3 is 9.72 Å². The van der Waals surface area contributed by atoms with Gasteiger partial charge in [-0.3, -0.25) is 9.80 Å². The number of aromatic amines is 1. The Labute approximate surface area is 196 Å². The van der Waals surface area contributed by atoms with Crippen molar-refractivity contribution >= 4 is 10.9 Å². The third-order valence-electron chi connectivity index (χ3n) is 9.72. The lowest BCUT2D eigenvalue weighted by Crippen LogP contribution is -2.72. The van der Waals surface area contributed by atoms with Crippen LogP contribution in [0.25, 0.3) is 10.9 Å². The number of likely N-dealkylation sites (tertiary alicyclic amines) is 1. The predicted octanol–water partition coefficient (Wildman–Crippen LogP) is 5.33. The van der Waals surface area contributed by atoms with Crippen LogP contribution in [0.4, 0.5) is 0 Å². The molecule has 2 aliphatic heterocycles. The van der Waals surface area contributed by atoms with E-state index in [4.69, 9.17) is 4.74 Å². The summed E-state index contributed by atoms with van der Waals surface area (Å²) in [5, 5.41) is 1.44. The fraction of sp³-hybridized carbons (Fsp3) is 0.586. The van der Waals surface area contributed by atoms with E-state index in [9.17, 15) is 0 Å². The molecular formula is C29H35N3O. The molecule has 3 atom stereocenters. The molecule has 1 aromatic heterocycles. The third-order valence-corrected chi connectivity index (χ3v) is 9.72. The number of hydrogen-bond acceptors (Lipinski definition) is 3. The van der Waals surface area contributed by atoms with E-state index in [2.05, 4.69) is 64.2 Å². The first-order valence-corrected chi connectivity index (χ1v) is 13.3. The van der Waals surface area contributed by atoms with Crippen molar-refractivity contribution in [2.24, 2.45) is 11.8 Å². The summed E-state index contributed by atoms with van der Waals surface area (Å²) in [5.41, 5.74) is 4.84. The predicted molar refractivity (Wildman–Crippen MR) is 131 cm³/mol. The first kappa shape index (κ1) is 19.3. The van der Waals surface area contributed by atoms with Crippen LogP contribution in [0.5, 0.6) is 0 Å². The van der Waals surface area contributed by atoms with Gasteiger partial charge in [0.1, 0.15) is 11.9 Å². The largest absolute Gasteiger partial charge is 0.488 e. The maximum atomic E-state index is 6.36. The summed E-state index contributed by atoms with van der Waals surface area (Å²) in [4.78, 5) is 9.45. The molecule has 172 valence electrons. The SMILES string of the molecule is C[C@@H]1Cc2c([nH]c3ccccc23)[C@@H](C2C=CC(OC3CN(C4CC4)C3)=CC2)N1C12CC(C1)C2. The number of nitrogens with zero attached hydrogens (tertiary/aromatic N) is 2. The molecule has 0 spiro atoms. The topological polar surface area (TPSA) is 31.5 Å². The molecule has 4 saturated carbocycles. The van der Waals surface area contributed by atoms with E-state index in [-0.39, 0.29) is 0 Å². The first-order chi connectivity index (χ1) is 16.2. The fourth-order valence-electron chi connectivity index (χ4n) is 7.85. The van der Waals surface area contributed by atoms with Crippen LogP contribution >= 0.6 is 0 Å². The summed E-state index contributed by atoms with van der Waals surface area (Å²) in [7, 11) is 0. The van der Waals surface area contributed by atoms with Crippen molar-refractivity contribution in [3.05, 3.63) is 59.5 Å². The van der Waals surface area contributed by atoms with Crippen molar-refractivity contribution in [3.63, 3.8) is 0 Å². The van der Waals surface area contributed by atoms with Crippen molar-refractivity contribution < 1.29 is 4.74 Å². The summed E-state index contributed by atoms with van der Waals surface area (Å²) in [6, 6.07) is 10.8. The smallest absolute Gasteiger partial charge is 0.124 e. The van der Waals surface area contributed by atoms with Gasteiger partial charge in [0.05, 0.1) is 6.04 Å². The van der Waals surface area contributed by atoms with Crippen molar-refractivity contribution in [2.75, 3.05) is 13.1 Å². The molecule has 5 aliphatic carbocycles. The zero-order chi connectivity index (χ0) is 21.7. The summed E-state index contributed by atoms with van der Waals surface area (Å²) in [5.74, 6) is 2.61. The number of nitrogens with one attached hydrogen (secondary N) is 1. The zero-order valence-electron chi connectivity index (χ0n) is 19.7. The van der Waals surface area contributed by atoms with Crippen LogP contribution < -0.4 is 0 Å². The normalized spacial score (nSPS) is 38.3. The molecule has 5 fully saturated rings. The number of benzene rings is 1. The Morgan fingerprint density at radius 3 is 2.61 bits per heavy atom. The summed E-state index contributed by atoms with van der Waals surface area (Å²) in [6.45, 7) is 4.72. The lowest BCUT2D eigenvalue weighted by molar-refractivity contribution is -0.185. The molecule has 1 unspecified atom stereocenters. The van der Waals surface area contributed by atoms with Crippen LogP contribution in [0.1, 0.15) is 62.7 Å². The van der Waals surface area contributed by atoms with Crippen molar-refractivity contribution in [1.82, 2.24) is 14.8 Å². The maximum absolute atomic E-state index is 6.36. The standard InChI is InChI=1S/C29H35N3O/c1-18-12-25-24-4-2-3-5-26(24)30-27(25)28(32(18)29-13-19(14-29)15-29)20-6-10-22(11-7-20)33-23-16-31(17-23)21-8-9-21/h2-6,10-11,18-21,23,28,30H,7-9,12-17H2,1H3/t18-,19?,20?,28-,29?/m1/s1. The molecule has 1 saturated heterocycles. The van der Waals surface area contributed by atoms with Crippen LogP contribution in [0.2, 0.25) is 0 Å². The van der Waals surface area contributed by atoms with Gasteiger partial charge in [0.15, 0.2) is 0 Å². The van der Waals surface area contributed by atoms with E-state index in [0.717, 1.165) is 37.2 Å². The van der Waals surface area contributed by atoms with Gasteiger partial charge in [-0.1, -0.05) is 24.3 Å². The van der Waals surface area contributed by atoms with E-state index in [0.29, 0.717) is 29.6 Å². The number of aromatic nitrogens is 1. The van der Waals surface area contributed by atoms with E-state index < -0.39 is 0 Å². The van der Waals surface area contributed by atoms with Crippen molar-refractivity contribution in [3.8, 4) is 0 Å². The summed E-state index contributed by atoms with van der Waals surface area (Å²) in [6.07, 6.45) is 16.8. The van der Waals surface area contributed by atoms with Gasteiger partial charge in [-0.15, -0.1) is 0 Å². The van der Waals surface area contributed by atoms with E-state index in [1.54, 1.807) is 5.56 Å². The van der Waals surface area contributed by atoms with Crippen LogP contribution in [-0.4, -0.2) is 51.6 Å². The molecule has 33 heavy (non-hydrogen) atoms. The molecule has 1 N–H and O–H groups in total. The number of allylic oxidation sites excluding steroid dienone is 2. The number of para-hydroxylation sites is 1. The number of hydrogen-bond donors (Lipinski definition) is 1. The van der Waals surface area contributed by atoms with E-state index in [1.807, 2.05) is 0 Å². The Bertz CT molecular complexity index is 1150. The average molecular weight is 442 g/mol. The minimum absolute atomic E-state index is 0.394. The molecule has 3 heterocycles. The third kappa shape index (κ3) is 2.83. The Hall–Kier alpha value is -2.04. The van der Waals surface area contributed by atoms with E-state index >= 15 is 0 Å². The monoisotopic (exact) mass is 441 g/mol. The molecule has 2 aromatic rings. The second-order valence-electron chi connectivity index (χ2n) is 12.0. The number of fused-ring (bicyclic) bond motifs is 3. The highest BCUT2D eigenvalue weighted by atomic mass is 16.5. The molecule has 1 aromatic carbocycles. The minimum Gasteiger partial charge on any atom is -0.488 e. The Kier molecular flexibility index (Phi) is 3.95. The van der Waals surface area contributed by atoms with Gasteiger partial charge in [-0.25, -0.2) is 0 Å². The van der Waals surface area contributed by atoms with Gasteiger partial charge in [0.25, 0.3) is 0 Å². The van der Waals surface area contributed by atoms with Crippen LogP contribution in [0, 0.1) is 11.8 Å². The molecule has 9 rings (SSSR count). The quantitative estimate of drug-likeness (QED) is 0.680. The van der Waals surface area contributed by atoms with Crippen molar-refractivity contribution in [1.29, 1.82) is 0 Å². The molecule has 4 nitrogen and oxygen atoms in total. The van der Waals surface area contributed by atoms with Crippen LogP contribution in [0.3, 0.4) is 0 Å². The van der Waals surface area contributed by atoms with Crippen LogP contribution in [-0.2, 0) is 11.2 Å². The van der Waals surface area contributed by atoms with Gasteiger partial charge in [-0.05, 0) is 81.6 Å². The molecule has 7 aliphatic rings. The van der Waals surface area contributed by atoms with Crippen LogP contribution in [0.15, 0.2) is 48.3 Å². The number of ether oxygens (including phenoxy) is 1. The van der Waals surface area contributed by atoms with Gasteiger partial charge in [0.2, 0.25) is 0 Å². The van der Waals surface area contributed by atoms with Gasteiger partial charge in [-0.2, -0.15) is 0 Å². The number of rotatable bonds is 5. The van der Waals surface area contributed by atoms with Gasteiger partial charge >= 0.3 is 0 Å². The Morgan fingerprint density at radius 1 is 1.09 bits per heavy atom. The highest BCUT2D eigenvalue weighted by Crippen LogP contribution is 2.64. The Morgan fingerprint density at radius 2 is 1.91 bits per heavy atom. The molecule has 4 heteroatoms. The molecule has 0 amide bonds. The fourth-order valence-corrected chi connectivity index (χ4v) is 7.85.